The third-order valence-electron chi connectivity index (χ3n) is 2.63. The highest BCUT2D eigenvalue weighted by molar-refractivity contribution is 9.10. The Balaban J connectivity index is 2.25. The van der Waals surface area contributed by atoms with Crippen molar-refractivity contribution < 1.29 is 4.79 Å². The molecule has 0 atom stereocenters. The summed E-state index contributed by atoms with van der Waals surface area (Å²) in [6.07, 6.45) is 4.72. The van der Waals surface area contributed by atoms with Gasteiger partial charge in [-0.1, -0.05) is 0 Å². The van der Waals surface area contributed by atoms with Gasteiger partial charge in [-0.3, -0.25) is 9.78 Å². The number of anilines is 2. The van der Waals surface area contributed by atoms with Crippen molar-refractivity contribution in [1.82, 2.24) is 19.9 Å². The van der Waals surface area contributed by atoms with Gasteiger partial charge in [-0.05, 0) is 41.7 Å². The quantitative estimate of drug-likeness (QED) is 0.867. The van der Waals surface area contributed by atoms with Gasteiger partial charge in [0.15, 0.2) is 11.5 Å². The summed E-state index contributed by atoms with van der Waals surface area (Å²) in [5.74, 6) is -0.344. The molecule has 0 spiro atoms. The van der Waals surface area contributed by atoms with Gasteiger partial charge >= 0.3 is 0 Å². The van der Waals surface area contributed by atoms with Gasteiger partial charge in [0.05, 0.1) is 18.1 Å². The first-order chi connectivity index (χ1) is 9.97. The van der Waals surface area contributed by atoms with E-state index in [0.717, 1.165) is 5.56 Å². The Morgan fingerprint density at radius 1 is 1.43 bits per heavy atom. The molecule has 0 bridgehead atoms. The molecule has 0 radical (unpaired) electrons. The lowest BCUT2D eigenvalue weighted by atomic mass is 10.2. The van der Waals surface area contributed by atoms with Gasteiger partial charge in [-0.2, -0.15) is 0 Å². The first-order valence-corrected chi connectivity index (χ1v) is 6.93. The van der Waals surface area contributed by atoms with Crippen LogP contribution in [-0.4, -0.2) is 39.9 Å². The summed E-state index contributed by atoms with van der Waals surface area (Å²) >= 11 is 3.17. The number of rotatable bonds is 4. The van der Waals surface area contributed by atoms with Crippen molar-refractivity contribution in [3.8, 4) is 0 Å². The number of halogens is 1. The van der Waals surface area contributed by atoms with Gasteiger partial charge in [0, 0.05) is 12.7 Å². The van der Waals surface area contributed by atoms with Crippen molar-refractivity contribution in [3.63, 3.8) is 0 Å². The molecule has 0 aliphatic rings. The third-order valence-corrected chi connectivity index (χ3v) is 3.01. The lowest BCUT2D eigenvalue weighted by Crippen LogP contribution is -2.19. The molecule has 0 aliphatic carbocycles. The number of nitrogens with one attached hydrogen (secondary N) is 1. The smallest absolute Gasteiger partial charge is 0.278 e. The van der Waals surface area contributed by atoms with Crippen LogP contribution in [0.3, 0.4) is 0 Å². The van der Waals surface area contributed by atoms with E-state index in [1.54, 1.807) is 12.4 Å². The Kier molecular flexibility index (Phi) is 4.81. The Bertz CT molecular complexity index is 661. The second-order valence-corrected chi connectivity index (χ2v) is 5.46. The van der Waals surface area contributed by atoms with E-state index in [1.807, 2.05) is 25.1 Å². The van der Waals surface area contributed by atoms with E-state index in [2.05, 4.69) is 36.2 Å². The molecule has 0 unspecified atom stereocenters. The van der Waals surface area contributed by atoms with Crippen LogP contribution in [0.4, 0.5) is 11.5 Å². The molecule has 110 valence electrons. The summed E-state index contributed by atoms with van der Waals surface area (Å²) in [6, 6.07) is 1.85. The highest BCUT2D eigenvalue weighted by Crippen LogP contribution is 2.17. The minimum Gasteiger partial charge on any atom is -0.382 e. The van der Waals surface area contributed by atoms with Crippen LogP contribution in [0.2, 0.25) is 0 Å². The fraction of sp³-hybridized carbons (Fsp3) is 0.231. The predicted octanol–water partition coefficient (Wildman–Crippen LogP) is 1.53. The maximum absolute atomic E-state index is 12.3. The van der Waals surface area contributed by atoms with Crippen LogP contribution in [0, 0.1) is 0 Å². The molecule has 2 aromatic rings. The van der Waals surface area contributed by atoms with Crippen molar-refractivity contribution in [1.29, 1.82) is 0 Å². The maximum Gasteiger partial charge on any atom is 0.278 e. The van der Waals surface area contributed by atoms with Gasteiger partial charge in [-0.15, -0.1) is 0 Å². The summed E-state index contributed by atoms with van der Waals surface area (Å²) < 4.78 is 0.446. The molecule has 0 saturated carbocycles. The van der Waals surface area contributed by atoms with Crippen molar-refractivity contribution in [3.05, 3.63) is 40.5 Å². The van der Waals surface area contributed by atoms with E-state index >= 15 is 0 Å². The zero-order valence-electron chi connectivity index (χ0n) is 11.7. The van der Waals surface area contributed by atoms with E-state index in [4.69, 9.17) is 5.73 Å². The van der Waals surface area contributed by atoms with Crippen LogP contribution in [-0.2, 0) is 6.54 Å². The average Bonchev–Trinajstić information content (AvgIpc) is 2.43. The standard InChI is InChI=1S/C13H15BrN6O/c1-20(2)7-8-3-4-16-5-9(8)18-13(21)11-12(15)17-6-10(14)19-11/h3-6H,7H2,1-2H3,(H2,15,17)(H,18,21). The monoisotopic (exact) mass is 350 g/mol. The molecule has 0 aliphatic heterocycles. The minimum absolute atomic E-state index is 0.0732. The zero-order chi connectivity index (χ0) is 15.4. The van der Waals surface area contributed by atoms with Crippen molar-refractivity contribution in [2.24, 2.45) is 0 Å². The Hall–Kier alpha value is -2.06. The highest BCUT2D eigenvalue weighted by atomic mass is 79.9. The van der Waals surface area contributed by atoms with Gasteiger partial charge in [0.2, 0.25) is 0 Å². The third kappa shape index (κ3) is 3.96. The summed E-state index contributed by atoms with van der Waals surface area (Å²) in [4.78, 5) is 26.2. The molecule has 0 saturated heterocycles. The topological polar surface area (TPSA) is 97.0 Å². The van der Waals surface area contributed by atoms with Crippen LogP contribution >= 0.6 is 15.9 Å². The lowest BCUT2D eigenvalue weighted by molar-refractivity contribution is 0.102. The Morgan fingerprint density at radius 2 is 2.19 bits per heavy atom. The number of aromatic nitrogens is 3. The molecule has 1 amide bonds. The maximum atomic E-state index is 12.3. The number of nitrogens with zero attached hydrogens (tertiary/aromatic N) is 4. The second kappa shape index (κ2) is 6.59. The van der Waals surface area contributed by atoms with Crippen LogP contribution in [0.5, 0.6) is 0 Å². The predicted molar refractivity (Wildman–Crippen MR) is 83.7 cm³/mol. The SMILES string of the molecule is CN(C)Cc1ccncc1NC(=O)c1nc(Br)cnc1N. The summed E-state index contributed by atoms with van der Waals surface area (Å²) in [5.41, 5.74) is 7.33. The van der Waals surface area contributed by atoms with Gasteiger partial charge in [0.25, 0.3) is 5.91 Å². The summed E-state index contributed by atoms with van der Waals surface area (Å²) in [5, 5.41) is 2.77. The molecule has 7 nitrogen and oxygen atoms in total. The average molecular weight is 351 g/mol. The molecular formula is C13H15BrN6O. The van der Waals surface area contributed by atoms with E-state index in [-0.39, 0.29) is 11.5 Å². The van der Waals surface area contributed by atoms with Gasteiger partial charge in [-0.25, -0.2) is 9.97 Å². The van der Waals surface area contributed by atoms with Gasteiger partial charge in [0.1, 0.15) is 4.60 Å². The van der Waals surface area contributed by atoms with Crippen molar-refractivity contribution in [2.45, 2.75) is 6.54 Å². The number of carbonyl (C=O) groups excluding carboxylic acids is 1. The molecule has 2 rings (SSSR count). The molecule has 2 heterocycles. The van der Waals surface area contributed by atoms with E-state index < -0.39 is 5.91 Å². The van der Waals surface area contributed by atoms with E-state index in [9.17, 15) is 4.79 Å². The molecule has 2 aromatic heterocycles. The number of nitrogen functional groups attached to an aromatic ring is 1. The summed E-state index contributed by atoms with van der Waals surface area (Å²) in [6.45, 7) is 0.678. The van der Waals surface area contributed by atoms with Crippen LogP contribution in [0.25, 0.3) is 0 Å². The summed E-state index contributed by atoms with van der Waals surface area (Å²) in [7, 11) is 3.90. The fourth-order valence-electron chi connectivity index (χ4n) is 1.74. The molecule has 0 aromatic carbocycles. The van der Waals surface area contributed by atoms with Crippen molar-refractivity contribution in [2.75, 3.05) is 25.1 Å². The zero-order valence-corrected chi connectivity index (χ0v) is 13.3. The first kappa shape index (κ1) is 15.3. The Labute approximate surface area is 130 Å². The molecule has 3 N–H and O–H groups in total. The fourth-order valence-corrected chi connectivity index (χ4v) is 2.02. The number of amides is 1. The molecule has 0 fully saturated rings. The first-order valence-electron chi connectivity index (χ1n) is 6.14. The van der Waals surface area contributed by atoms with Crippen LogP contribution < -0.4 is 11.1 Å². The number of hydrogen-bond acceptors (Lipinski definition) is 6. The highest BCUT2D eigenvalue weighted by Gasteiger charge is 2.15. The van der Waals surface area contributed by atoms with Crippen molar-refractivity contribution >= 4 is 33.3 Å². The van der Waals surface area contributed by atoms with Gasteiger partial charge < -0.3 is 16.0 Å². The number of carbonyl (C=O) groups is 1. The second-order valence-electron chi connectivity index (χ2n) is 4.65. The number of nitrogens with two attached hydrogens (primary N) is 1. The Morgan fingerprint density at radius 3 is 2.90 bits per heavy atom. The van der Waals surface area contributed by atoms with E-state index in [1.165, 1.54) is 6.20 Å². The number of hydrogen-bond donors (Lipinski definition) is 2. The molecular weight excluding hydrogens is 336 g/mol. The molecule has 8 heteroatoms. The van der Waals surface area contributed by atoms with Crippen LogP contribution in [0.15, 0.2) is 29.3 Å². The van der Waals surface area contributed by atoms with E-state index in [0.29, 0.717) is 16.8 Å². The lowest BCUT2D eigenvalue weighted by Gasteiger charge is -2.14. The molecule has 21 heavy (non-hydrogen) atoms. The number of pyridine rings is 1. The largest absolute Gasteiger partial charge is 0.382 e. The minimum atomic E-state index is -0.422. The normalized spacial score (nSPS) is 10.7. The van der Waals surface area contributed by atoms with Crippen LogP contribution in [0.1, 0.15) is 16.1 Å².